The minimum atomic E-state index is -0.973. The van der Waals surface area contributed by atoms with E-state index in [4.69, 9.17) is 14.6 Å². The largest absolute Gasteiger partial charge is 0.462 e. The van der Waals surface area contributed by atoms with Crippen LogP contribution in [-0.2, 0) is 21.5 Å². The first-order valence-electron chi connectivity index (χ1n) is 20.4. The van der Waals surface area contributed by atoms with Crippen LogP contribution in [0.15, 0.2) is 170 Å². The summed E-state index contributed by atoms with van der Waals surface area (Å²) in [6, 6.07) is 54.5. The lowest BCUT2D eigenvalue weighted by Crippen LogP contribution is -2.38. The van der Waals surface area contributed by atoms with Gasteiger partial charge >= 0.3 is 6.01 Å². The average molecular weight is 810 g/mol. The predicted molar refractivity (Wildman–Crippen MR) is 237 cm³/mol. The second-order valence-corrected chi connectivity index (χ2v) is 14.9. The Bertz CT molecular complexity index is 2610. The van der Waals surface area contributed by atoms with Crippen molar-refractivity contribution in [1.82, 2.24) is 24.6 Å². The Morgan fingerprint density at radius 2 is 1.31 bits per heavy atom. The van der Waals surface area contributed by atoms with Crippen LogP contribution >= 0.6 is 0 Å². The number of hydrogen-bond acceptors (Lipinski definition) is 8. The van der Waals surface area contributed by atoms with Crippen LogP contribution in [0.2, 0.25) is 0 Å². The van der Waals surface area contributed by atoms with Gasteiger partial charge in [-0.05, 0) is 51.6 Å². The number of fused-ring (bicyclic) bond motifs is 1. The molecular formula is C50H44FN7O3. The highest BCUT2D eigenvalue weighted by molar-refractivity contribution is 6.02. The number of ether oxygens (including phenoxy) is 2. The molecular weight excluding hydrogens is 766 g/mol. The monoisotopic (exact) mass is 809 g/mol. The number of halogens is 1. The van der Waals surface area contributed by atoms with E-state index in [9.17, 15) is 4.79 Å². The van der Waals surface area contributed by atoms with Gasteiger partial charge in [-0.2, -0.15) is 10.1 Å². The van der Waals surface area contributed by atoms with Gasteiger partial charge in [-0.3, -0.25) is 9.69 Å². The first kappa shape index (κ1) is 39.3. The van der Waals surface area contributed by atoms with Crippen molar-refractivity contribution in [3.63, 3.8) is 0 Å². The molecule has 0 unspecified atom stereocenters. The summed E-state index contributed by atoms with van der Waals surface area (Å²) in [6.07, 6.45) is 1.23. The number of anilines is 3. The maximum absolute atomic E-state index is 15.3. The Morgan fingerprint density at radius 1 is 0.721 bits per heavy atom. The molecule has 1 amide bonds. The van der Waals surface area contributed by atoms with Crippen molar-refractivity contribution in [2.75, 3.05) is 50.1 Å². The van der Waals surface area contributed by atoms with E-state index >= 15 is 4.39 Å². The first-order valence-corrected chi connectivity index (χ1v) is 20.4. The fourth-order valence-corrected chi connectivity index (χ4v) is 7.99. The molecule has 8 aromatic rings. The van der Waals surface area contributed by atoms with Crippen LogP contribution in [0.4, 0.5) is 21.7 Å². The van der Waals surface area contributed by atoms with Gasteiger partial charge in [0.15, 0.2) is 17.5 Å². The standard InChI is InChI=1S/C50H44FN7O3/c51-44-35-52-49(61-32-29-57-27-30-60-31-28-57)55-48(44)53-42-25-26-45-43(34-42)47(54-46(59)33-36-21-23-38(24-22-36)37-13-5-1-6-14-37)56-58(45)50(39-15-7-2-8-16-39,40-17-9-3-10-18-40)41-19-11-4-12-20-41/h1-26,34-35H,27-33H2,(H,52,53,55)(H,54,56,59). The molecule has 2 N–H and O–H groups in total. The van der Waals surface area contributed by atoms with E-state index in [2.05, 4.69) is 74.0 Å². The molecule has 1 saturated heterocycles. The predicted octanol–water partition coefficient (Wildman–Crippen LogP) is 9.11. The fraction of sp³-hybridized carbons (Fsp3) is 0.160. The van der Waals surface area contributed by atoms with Crippen molar-refractivity contribution >= 4 is 34.1 Å². The molecule has 0 aliphatic carbocycles. The molecule has 6 aromatic carbocycles. The van der Waals surface area contributed by atoms with E-state index in [1.165, 1.54) is 0 Å². The SMILES string of the molecule is O=C(Cc1ccc(-c2ccccc2)cc1)Nc1nn(C(c2ccccc2)(c2ccccc2)c2ccccc2)c2ccc(Nc3nc(OCCN4CCOCC4)ncc3F)cc12. The van der Waals surface area contributed by atoms with Crippen molar-refractivity contribution in [3.05, 3.63) is 198 Å². The second-order valence-electron chi connectivity index (χ2n) is 14.9. The summed E-state index contributed by atoms with van der Waals surface area (Å²) in [5.41, 5.74) is 6.24. The molecule has 3 heterocycles. The quantitative estimate of drug-likeness (QED) is 0.105. The molecule has 1 aliphatic rings. The van der Waals surface area contributed by atoms with Crippen LogP contribution in [0.1, 0.15) is 22.3 Å². The van der Waals surface area contributed by atoms with Crippen molar-refractivity contribution in [3.8, 4) is 17.1 Å². The molecule has 2 aromatic heterocycles. The molecule has 1 fully saturated rings. The topological polar surface area (TPSA) is 106 Å². The van der Waals surface area contributed by atoms with Gasteiger partial charge < -0.3 is 20.1 Å². The molecule has 0 spiro atoms. The van der Waals surface area contributed by atoms with E-state index in [0.717, 1.165) is 58.2 Å². The zero-order valence-corrected chi connectivity index (χ0v) is 33.5. The van der Waals surface area contributed by atoms with E-state index in [1.54, 1.807) is 0 Å². The summed E-state index contributed by atoms with van der Waals surface area (Å²) < 4.78 is 28.6. The Balaban J connectivity index is 1.11. The lowest BCUT2D eigenvalue weighted by Gasteiger charge is -2.37. The summed E-state index contributed by atoms with van der Waals surface area (Å²) in [4.78, 5) is 24.7. The van der Waals surface area contributed by atoms with Crippen LogP contribution in [0.5, 0.6) is 6.01 Å². The van der Waals surface area contributed by atoms with E-state index in [0.29, 0.717) is 43.3 Å². The molecule has 9 rings (SSSR count). The van der Waals surface area contributed by atoms with Crippen molar-refractivity contribution < 1.29 is 18.7 Å². The van der Waals surface area contributed by atoms with Crippen LogP contribution in [0.3, 0.4) is 0 Å². The van der Waals surface area contributed by atoms with Crippen molar-refractivity contribution in [2.45, 2.75) is 12.0 Å². The van der Waals surface area contributed by atoms with Crippen LogP contribution in [-0.4, -0.2) is 70.0 Å². The number of carbonyl (C=O) groups excluding carboxylic acids is 1. The number of aromatic nitrogens is 4. The number of morpholine rings is 1. The minimum Gasteiger partial charge on any atom is -0.462 e. The van der Waals surface area contributed by atoms with Gasteiger partial charge in [0.05, 0.1) is 31.3 Å². The molecule has 0 radical (unpaired) electrons. The first-order chi connectivity index (χ1) is 30.0. The summed E-state index contributed by atoms with van der Waals surface area (Å²) in [5.74, 6) is -0.561. The third kappa shape index (κ3) is 8.47. The number of nitrogens with one attached hydrogen (secondary N) is 2. The maximum Gasteiger partial charge on any atom is 0.318 e. The zero-order chi connectivity index (χ0) is 41.4. The summed E-state index contributed by atoms with van der Waals surface area (Å²) in [6.45, 7) is 4.05. The lowest BCUT2D eigenvalue weighted by atomic mass is 9.77. The molecule has 1 aliphatic heterocycles. The Kier molecular flexibility index (Phi) is 11.6. The number of carbonyl (C=O) groups is 1. The Labute approximate surface area is 353 Å². The lowest BCUT2D eigenvalue weighted by molar-refractivity contribution is -0.115. The smallest absolute Gasteiger partial charge is 0.318 e. The number of nitrogens with zero attached hydrogens (tertiary/aromatic N) is 5. The van der Waals surface area contributed by atoms with Gasteiger partial charge in [0.25, 0.3) is 0 Å². The Morgan fingerprint density at radius 3 is 1.93 bits per heavy atom. The highest BCUT2D eigenvalue weighted by Crippen LogP contribution is 2.44. The number of benzene rings is 6. The van der Waals surface area contributed by atoms with Crippen molar-refractivity contribution in [1.29, 1.82) is 0 Å². The van der Waals surface area contributed by atoms with E-state index in [-0.39, 0.29) is 24.2 Å². The molecule has 304 valence electrons. The summed E-state index contributed by atoms with van der Waals surface area (Å²) in [7, 11) is 0. The van der Waals surface area contributed by atoms with E-state index in [1.807, 2.05) is 120 Å². The normalized spacial score (nSPS) is 13.2. The minimum absolute atomic E-state index is 0.0418. The third-order valence-electron chi connectivity index (χ3n) is 11.0. The highest BCUT2D eigenvalue weighted by atomic mass is 19.1. The van der Waals surface area contributed by atoms with Crippen LogP contribution in [0.25, 0.3) is 22.0 Å². The molecule has 10 nitrogen and oxygen atoms in total. The highest BCUT2D eigenvalue weighted by Gasteiger charge is 2.41. The van der Waals surface area contributed by atoms with E-state index < -0.39 is 11.4 Å². The van der Waals surface area contributed by atoms with Gasteiger partial charge in [0, 0.05) is 30.7 Å². The number of hydrogen-bond donors (Lipinski definition) is 2. The molecule has 0 saturated carbocycles. The van der Waals surface area contributed by atoms with Gasteiger partial charge in [-0.25, -0.2) is 14.1 Å². The van der Waals surface area contributed by atoms with Gasteiger partial charge in [-0.15, -0.1) is 0 Å². The number of rotatable bonds is 14. The van der Waals surface area contributed by atoms with Crippen molar-refractivity contribution in [2.24, 2.45) is 0 Å². The average Bonchev–Trinajstić information content (AvgIpc) is 3.66. The molecule has 0 atom stereocenters. The summed E-state index contributed by atoms with van der Waals surface area (Å²) in [5, 5.41) is 12.2. The maximum atomic E-state index is 15.3. The van der Waals surface area contributed by atoms with Crippen LogP contribution in [0, 0.1) is 5.82 Å². The molecule has 0 bridgehead atoms. The fourth-order valence-electron chi connectivity index (χ4n) is 7.99. The zero-order valence-electron chi connectivity index (χ0n) is 33.5. The summed E-state index contributed by atoms with van der Waals surface area (Å²) >= 11 is 0. The second kappa shape index (κ2) is 18.0. The van der Waals surface area contributed by atoms with Gasteiger partial charge in [-0.1, -0.05) is 146 Å². The molecule has 11 heteroatoms. The Hall–Kier alpha value is -7.21. The van der Waals surface area contributed by atoms with Crippen LogP contribution < -0.4 is 15.4 Å². The molecule has 61 heavy (non-hydrogen) atoms. The van der Waals surface area contributed by atoms with Gasteiger partial charge in [0.2, 0.25) is 5.91 Å². The van der Waals surface area contributed by atoms with Gasteiger partial charge in [0.1, 0.15) is 12.1 Å². The number of amides is 1. The third-order valence-corrected chi connectivity index (χ3v) is 11.0.